The van der Waals surface area contributed by atoms with E-state index >= 15 is 0 Å². The van der Waals surface area contributed by atoms with Gasteiger partial charge in [0.25, 0.3) is 5.91 Å². The Morgan fingerprint density at radius 3 is 2.71 bits per heavy atom. The zero-order chi connectivity index (χ0) is 12.7. The zero-order valence-electron chi connectivity index (χ0n) is 9.95. The van der Waals surface area contributed by atoms with Crippen LogP contribution < -0.4 is 15.6 Å². The van der Waals surface area contributed by atoms with E-state index in [2.05, 4.69) is 10.9 Å². The van der Waals surface area contributed by atoms with Crippen molar-refractivity contribution in [2.24, 2.45) is 0 Å². The highest BCUT2D eigenvalue weighted by atomic mass is 16.5. The van der Waals surface area contributed by atoms with Crippen molar-refractivity contribution in [1.29, 1.82) is 0 Å². The lowest BCUT2D eigenvalue weighted by Gasteiger charge is -2.08. The molecule has 2 amide bonds. The van der Waals surface area contributed by atoms with Crippen LogP contribution in [0.1, 0.15) is 19.4 Å². The molecule has 1 rings (SSSR count). The monoisotopic (exact) mass is 236 g/mol. The first-order valence-corrected chi connectivity index (χ1v) is 5.39. The average Bonchev–Trinajstić information content (AvgIpc) is 2.34. The van der Waals surface area contributed by atoms with Crippen LogP contribution in [0.3, 0.4) is 0 Å². The van der Waals surface area contributed by atoms with Gasteiger partial charge in [-0.25, -0.2) is 0 Å². The van der Waals surface area contributed by atoms with Crippen molar-refractivity contribution >= 4 is 11.8 Å². The van der Waals surface area contributed by atoms with Crippen molar-refractivity contribution in [2.45, 2.75) is 20.3 Å². The van der Waals surface area contributed by atoms with Crippen LogP contribution >= 0.6 is 0 Å². The summed E-state index contributed by atoms with van der Waals surface area (Å²) in [4.78, 5) is 21.8. The van der Waals surface area contributed by atoms with Crippen LogP contribution in [0.2, 0.25) is 0 Å². The summed E-state index contributed by atoms with van der Waals surface area (Å²) in [5, 5.41) is 0. The van der Waals surface area contributed by atoms with Gasteiger partial charge in [0.1, 0.15) is 5.75 Å². The fourth-order valence-electron chi connectivity index (χ4n) is 1.20. The molecule has 2 N–H and O–H groups in total. The van der Waals surface area contributed by atoms with Gasteiger partial charge in [-0.3, -0.25) is 20.4 Å². The molecule has 17 heavy (non-hydrogen) atoms. The van der Waals surface area contributed by atoms with Crippen LogP contribution in [0.25, 0.3) is 0 Å². The van der Waals surface area contributed by atoms with Crippen LogP contribution in [0.5, 0.6) is 5.75 Å². The van der Waals surface area contributed by atoms with Gasteiger partial charge in [-0.15, -0.1) is 0 Å². The first-order valence-electron chi connectivity index (χ1n) is 5.39. The third-order valence-corrected chi connectivity index (χ3v) is 2.05. The lowest BCUT2D eigenvalue weighted by molar-refractivity contribution is -0.129. The average molecular weight is 236 g/mol. The Balaban J connectivity index is 2.39. The molecule has 92 valence electrons. The fourth-order valence-corrected chi connectivity index (χ4v) is 1.20. The number of nitrogens with one attached hydrogen (secondary N) is 2. The van der Waals surface area contributed by atoms with Crippen LogP contribution in [0, 0.1) is 0 Å². The number of hydrogen-bond acceptors (Lipinski definition) is 3. The maximum absolute atomic E-state index is 11.2. The van der Waals surface area contributed by atoms with E-state index in [1.165, 1.54) is 6.92 Å². The molecule has 0 fully saturated rings. The highest BCUT2D eigenvalue weighted by Crippen LogP contribution is 2.13. The van der Waals surface area contributed by atoms with E-state index in [9.17, 15) is 9.59 Å². The molecule has 0 saturated heterocycles. The van der Waals surface area contributed by atoms with Crippen LogP contribution in [0.4, 0.5) is 0 Å². The smallest absolute Gasteiger partial charge is 0.276 e. The molecule has 0 atom stereocenters. The third kappa shape index (κ3) is 5.01. The fraction of sp³-hybridized carbons (Fsp3) is 0.333. The van der Waals surface area contributed by atoms with Gasteiger partial charge in [0.15, 0.2) is 6.61 Å². The number of rotatable bonds is 4. The predicted octanol–water partition coefficient (Wildman–Crippen LogP) is 0.795. The molecule has 1 aromatic carbocycles. The number of hydrogen-bond donors (Lipinski definition) is 2. The van der Waals surface area contributed by atoms with Crippen LogP contribution in [-0.4, -0.2) is 18.4 Å². The second-order valence-corrected chi connectivity index (χ2v) is 3.52. The highest BCUT2D eigenvalue weighted by molar-refractivity contribution is 5.81. The van der Waals surface area contributed by atoms with Crippen LogP contribution in [-0.2, 0) is 16.0 Å². The van der Waals surface area contributed by atoms with E-state index in [0.717, 1.165) is 12.0 Å². The largest absolute Gasteiger partial charge is 0.484 e. The van der Waals surface area contributed by atoms with Crippen molar-refractivity contribution in [3.8, 4) is 5.75 Å². The van der Waals surface area contributed by atoms with Crippen LogP contribution in [0.15, 0.2) is 24.3 Å². The Morgan fingerprint density at radius 2 is 2.06 bits per heavy atom. The molecule has 0 aliphatic rings. The molecule has 0 radical (unpaired) electrons. The Bertz CT molecular complexity index is 404. The lowest BCUT2D eigenvalue weighted by atomic mass is 10.2. The van der Waals surface area contributed by atoms with Gasteiger partial charge in [-0.1, -0.05) is 19.1 Å². The number of hydrazine groups is 1. The molecule has 5 nitrogen and oxygen atoms in total. The number of aryl methyl sites for hydroxylation is 1. The molecule has 0 spiro atoms. The Hall–Kier alpha value is -2.04. The standard InChI is InChI=1S/C12H16N2O3/c1-3-10-5-4-6-11(7-10)17-8-12(16)14-13-9(2)15/h4-7H,3,8H2,1-2H3,(H,13,15)(H,14,16). The molecule has 0 aliphatic carbocycles. The number of amides is 2. The van der Waals surface area contributed by atoms with Gasteiger partial charge in [0.2, 0.25) is 5.91 Å². The molecular weight excluding hydrogens is 220 g/mol. The lowest BCUT2D eigenvalue weighted by Crippen LogP contribution is -2.42. The molecule has 0 aromatic heterocycles. The van der Waals surface area contributed by atoms with Gasteiger partial charge in [0.05, 0.1) is 0 Å². The minimum Gasteiger partial charge on any atom is -0.484 e. The quantitative estimate of drug-likeness (QED) is 0.760. The van der Waals surface area contributed by atoms with Crippen molar-refractivity contribution in [3.05, 3.63) is 29.8 Å². The van der Waals surface area contributed by atoms with E-state index in [4.69, 9.17) is 4.74 Å². The van der Waals surface area contributed by atoms with Gasteiger partial charge >= 0.3 is 0 Å². The van der Waals surface area contributed by atoms with E-state index in [-0.39, 0.29) is 12.5 Å². The van der Waals surface area contributed by atoms with Crippen molar-refractivity contribution in [1.82, 2.24) is 10.9 Å². The topological polar surface area (TPSA) is 67.4 Å². The summed E-state index contributed by atoms with van der Waals surface area (Å²) in [6, 6.07) is 7.53. The van der Waals surface area contributed by atoms with Gasteiger partial charge in [-0.05, 0) is 24.1 Å². The molecule has 5 heteroatoms. The molecule has 0 aliphatic heterocycles. The second kappa shape index (κ2) is 6.52. The minimum absolute atomic E-state index is 0.132. The number of benzene rings is 1. The number of ether oxygens (including phenoxy) is 1. The maximum Gasteiger partial charge on any atom is 0.276 e. The summed E-state index contributed by atoms with van der Waals surface area (Å²) in [7, 11) is 0. The van der Waals surface area contributed by atoms with Gasteiger partial charge in [0, 0.05) is 6.92 Å². The maximum atomic E-state index is 11.2. The van der Waals surface area contributed by atoms with Crippen molar-refractivity contribution in [2.75, 3.05) is 6.61 Å². The second-order valence-electron chi connectivity index (χ2n) is 3.52. The molecule has 0 bridgehead atoms. The number of carbonyl (C=O) groups excluding carboxylic acids is 2. The first kappa shape index (κ1) is 13.0. The Labute approximate surface area is 100 Å². The Morgan fingerprint density at radius 1 is 1.29 bits per heavy atom. The highest BCUT2D eigenvalue weighted by Gasteiger charge is 2.03. The summed E-state index contributed by atoms with van der Waals surface area (Å²) in [6.45, 7) is 3.22. The normalized spacial score (nSPS) is 9.53. The minimum atomic E-state index is -0.401. The van der Waals surface area contributed by atoms with Crippen molar-refractivity contribution < 1.29 is 14.3 Å². The summed E-state index contributed by atoms with van der Waals surface area (Å²) in [5.74, 6) is -0.0873. The molecule has 1 aromatic rings. The number of carbonyl (C=O) groups is 2. The Kier molecular flexibility index (Phi) is 5.00. The first-order chi connectivity index (χ1) is 8.11. The van der Waals surface area contributed by atoms with Gasteiger partial charge in [-0.2, -0.15) is 0 Å². The summed E-state index contributed by atoms with van der Waals surface area (Å²) in [6.07, 6.45) is 0.912. The van der Waals surface area contributed by atoms with Gasteiger partial charge < -0.3 is 4.74 Å². The predicted molar refractivity (Wildman–Crippen MR) is 63.3 cm³/mol. The molecular formula is C12H16N2O3. The molecule has 0 heterocycles. The third-order valence-electron chi connectivity index (χ3n) is 2.05. The van der Waals surface area contributed by atoms with Crippen molar-refractivity contribution in [3.63, 3.8) is 0 Å². The van der Waals surface area contributed by atoms with E-state index in [1.807, 2.05) is 25.1 Å². The summed E-state index contributed by atoms with van der Waals surface area (Å²) < 4.78 is 5.28. The molecule has 0 unspecified atom stereocenters. The van der Waals surface area contributed by atoms with E-state index < -0.39 is 5.91 Å². The SMILES string of the molecule is CCc1cccc(OCC(=O)NNC(C)=O)c1. The van der Waals surface area contributed by atoms with E-state index in [0.29, 0.717) is 5.75 Å². The molecule has 0 saturated carbocycles. The summed E-state index contributed by atoms with van der Waals surface area (Å²) in [5.41, 5.74) is 5.55. The summed E-state index contributed by atoms with van der Waals surface area (Å²) >= 11 is 0. The van der Waals surface area contributed by atoms with E-state index in [1.54, 1.807) is 6.07 Å². The zero-order valence-corrected chi connectivity index (χ0v) is 9.95.